The third-order valence-corrected chi connectivity index (χ3v) is 4.21. The molecule has 0 radical (unpaired) electrons. The van der Waals surface area contributed by atoms with Gasteiger partial charge in [-0.15, -0.1) is 5.10 Å². The highest BCUT2D eigenvalue weighted by atomic mass is 32.2. The van der Waals surface area contributed by atoms with Gasteiger partial charge in [0.2, 0.25) is 0 Å². The number of nitrogens with two attached hydrogens (primary N) is 1. The van der Waals surface area contributed by atoms with Gasteiger partial charge in [0.25, 0.3) is 16.0 Å². The van der Waals surface area contributed by atoms with Gasteiger partial charge in [-0.25, -0.2) is 18.1 Å². The summed E-state index contributed by atoms with van der Waals surface area (Å²) in [6.07, 6.45) is 1.49. The van der Waals surface area contributed by atoms with Crippen molar-refractivity contribution in [2.75, 3.05) is 4.72 Å². The van der Waals surface area contributed by atoms with Gasteiger partial charge in [-0.05, 0) is 19.9 Å². The number of anilines is 1. The van der Waals surface area contributed by atoms with Crippen molar-refractivity contribution in [2.24, 2.45) is 12.8 Å². The second kappa shape index (κ2) is 5.17. The van der Waals surface area contributed by atoms with Crippen molar-refractivity contribution in [3.63, 3.8) is 0 Å². The molecule has 0 saturated carbocycles. The number of nitrogens with zero attached hydrogens (tertiary/aromatic N) is 4. The van der Waals surface area contributed by atoms with E-state index in [2.05, 4.69) is 19.9 Å². The predicted octanol–water partition coefficient (Wildman–Crippen LogP) is 0.0864. The molecule has 2 heterocycles. The van der Waals surface area contributed by atoms with Crippen LogP contribution in [0.4, 0.5) is 5.95 Å². The number of aryl methyl sites for hydroxylation is 3. The molecule has 0 aliphatic rings. The molecule has 0 amide bonds. The molecule has 8 nitrogen and oxygen atoms in total. The van der Waals surface area contributed by atoms with Crippen LogP contribution in [0, 0.1) is 13.8 Å². The van der Waals surface area contributed by atoms with Crippen LogP contribution in [0.25, 0.3) is 0 Å². The molecule has 2 rings (SSSR count). The average Bonchev–Trinajstić information content (AvgIpc) is 2.76. The smallest absolute Gasteiger partial charge is 0.265 e. The lowest BCUT2D eigenvalue weighted by atomic mass is 10.4. The number of hydrogen-bond acceptors (Lipinski definition) is 6. The molecule has 20 heavy (non-hydrogen) atoms. The van der Waals surface area contributed by atoms with Gasteiger partial charge in [0.1, 0.15) is 4.90 Å². The summed E-state index contributed by atoms with van der Waals surface area (Å²) >= 11 is 0. The molecule has 0 aromatic carbocycles. The van der Waals surface area contributed by atoms with Gasteiger partial charge in [-0.1, -0.05) is 0 Å². The van der Waals surface area contributed by atoms with Gasteiger partial charge in [0.15, 0.2) is 0 Å². The van der Waals surface area contributed by atoms with Crippen LogP contribution in [0.5, 0.6) is 0 Å². The molecule has 0 saturated heterocycles. The van der Waals surface area contributed by atoms with Gasteiger partial charge < -0.3 is 10.3 Å². The molecule has 108 valence electrons. The van der Waals surface area contributed by atoms with Crippen molar-refractivity contribution >= 4 is 16.0 Å². The molecule has 0 atom stereocenters. The van der Waals surface area contributed by atoms with Crippen LogP contribution in [0.1, 0.15) is 17.1 Å². The predicted molar refractivity (Wildman–Crippen MR) is 73.4 cm³/mol. The highest BCUT2D eigenvalue weighted by Crippen LogP contribution is 2.16. The van der Waals surface area contributed by atoms with Crippen LogP contribution in [0.3, 0.4) is 0 Å². The summed E-state index contributed by atoms with van der Waals surface area (Å²) in [5.41, 5.74) is 7.51. The summed E-state index contributed by atoms with van der Waals surface area (Å²) < 4.78 is 28.4. The van der Waals surface area contributed by atoms with Crippen molar-refractivity contribution in [1.82, 2.24) is 19.7 Å². The minimum Gasteiger partial charge on any atom is -0.352 e. The molecule has 0 aliphatic carbocycles. The zero-order valence-corrected chi connectivity index (χ0v) is 12.3. The zero-order chi connectivity index (χ0) is 14.9. The van der Waals surface area contributed by atoms with Crippen LogP contribution in [0.2, 0.25) is 0 Å². The van der Waals surface area contributed by atoms with Crippen molar-refractivity contribution in [1.29, 1.82) is 0 Å². The first kappa shape index (κ1) is 14.4. The fourth-order valence-electron chi connectivity index (χ4n) is 1.61. The van der Waals surface area contributed by atoms with Crippen molar-refractivity contribution in [3.8, 4) is 0 Å². The van der Waals surface area contributed by atoms with Gasteiger partial charge in [-0.3, -0.25) is 0 Å². The molecule has 2 aromatic heterocycles. The van der Waals surface area contributed by atoms with Gasteiger partial charge >= 0.3 is 0 Å². The minimum absolute atomic E-state index is 0.0498. The Bertz CT molecular complexity index is 737. The normalized spacial score (nSPS) is 11.6. The lowest BCUT2D eigenvalue weighted by Crippen LogP contribution is -2.16. The summed E-state index contributed by atoms with van der Waals surface area (Å²) in [5, 5.41) is 7.55. The summed E-state index contributed by atoms with van der Waals surface area (Å²) in [5.74, 6) is -0.0498. The second-order valence-corrected chi connectivity index (χ2v) is 6.08. The standard InChI is InChI=1S/C11H16N6O2S/c1-7-8(2)14-15-11(13-7)16-20(18,19)10-4-9(5-12)17(3)6-10/h4,6H,5,12H2,1-3H3,(H,13,15,16). The number of hydrogen-bond donors (Lipinski definition) is 2. The van der Waals surface area contributed by atoms with E-state index in [1.54, 1.807) is 25.5 Å². The fraction of sp³-hybridized carbons (Fsp3) is 0.364. The molecule has 0 spiro atoms. The van der Waals surface area contributed by atoms with Crippen LogP contribution < -0.4 is 10.5 Å². The van der Waals surface area contributed by atoms with E-state index >= 15 is 0 Å². The average molecular weight is 296 g/mol. The first-order chi connectivity index (χ1) is 9.33. The van der Waals surface area contributed by atoms with E-state index in [9.17, 15) is 8.42 Å². The van der Waals surface area contributed by atoms with Crippen LogP contribution in [-0.4, -0.2) is 28.2 Å². The summed E-state index contributed by atoms with van der Waals surface area (Å²) in [4.78, 5) is 4.15. The lowest BCUT2D eigenvalue weighted by Gasteiger charge is -2.05. The van der Waals surface area contributed by atoms with E-state index in [1.807, 2.05) is 0 Å². The van der Waals surface area contributed by atoms with Gasteiger partial charge in [0, 0.05) is 25.5 Å². The number of rotatable bonds is 4. The zero-order valence-electron chi connectivity index (χ0n) is 11.5. The second-order valence-electron chi connectivity index (χ2n) is 4.39. The quantitative estimate of drug-likeness (QED) is 0.826. The Balaban J connectivity index is 2.32. The summed E-state index contributed by atoms with van der Waals surface area (Å²) in [6, 6.07) is 1.51. The molecule has 0 bridgehead atoms. The molecule has 0 fully saturated rings. The van der Waals surface area contributed by atoms with Crippen molar-refractivity contribution in [2.45, 2.75) is 25.3 Å². The molecule has 0 unspecified atom stereocenters. The van der Waals surface area contributed by atoms with Gasteiger partial charge in [-0.2, -0.15) is 5.10 Å². The highest BCUT2D eigenvalue weighted by Gasteiger charge is 2.19. The van der Waals surface area contributed by atoms with Gasteiger partial charge in [0.05, 0.1) is 11.4 Å². The number of sulfonamides is 1. The summed E-state index contributed by atoms with van der Waals surface area (Å²) in [7, 11) is -2.01. The number of nitrogens with one attached hydrogen (secondary N) is 1. The number of aromatic nitrogens is 4. The maximum Gasteiger partial charge on any atom is 0.265 e. The summed E-state index contributed by atoms with van der Waals surface area (Å²) in [6.45, 7) is 3.74. The fourth-order valence-corrected chi connectivity index (χ4v) is 2.64. The van der Waals surface area contributed by atoms with E-state index in [4.69, 9.17) is 5.73 Å². The molecule has 0 aliphatic heterocycles. The first-order valence-corrected chi connectivity index (χ1v) is 7.38. The van der Waals surface area contributed by atoms with Crippen molar-refractivity contribution < 1.29 is 8.42 Å². The topological polar surface area (TPSA) is 116 Å². The maximum absolute atomic E-state index is 12.2. The Labute approximate surface area is 117 Å². The largest absolute Gasteiger partial charge is 0.352 e. The van der Waals surface area contributed by atoms with E-state index in [0.29, 0.717) is 17.1 Å². The third-order valence-electron chi connectivity index (χ3n) is 2.92. The Morgan fingerprint density at radius 3 is 2.55 bits per heavy atom. The van der Waals surface area contributed by atoms with E-state index in [-0.39, 0.29) is 17.4 Å². The Morgan fingerprint density at radius 1 is 1.30 bits per heavy atom. The SMILES string of the molecule is Cc1nnc(NS(=O)(=O)c2cc(CN)n(C)c2)nc1C. The minimum atomic E-state index is -3.75. The first-order valence-electron chi connectivity index (χ1n) is 5.89. The van der Waals surface area contributed by atoms with E-state index < -0.39 is 10.0 Å². The van der Waals surface area contributed by atoms with E-state index in [0.717, 1.165) is 0 Å². The van der Waals surface area contributed by atoms with Crippen LogP contribution in [0.15, 0.2) is 17.2 Å². The molecular weight excluding hydrogens is 280 g/mol. The molecule has 9 heteroatoms. The highest BCUT2D eigenvalue weighted by molar-refractivity contribution is 7.92. The molecule has 3 N–H and O–H groups in total. The lowest BCUT2D eigenvalue weighted by molar-refractivity contribution is 0.600. The van der Waals surface area contributed by atoms with E-state index in [1.165, 1.54) is 12.3 Å². The van der Waals surface area contributed by atoms with Crippen LogP contribution in [-0.2, 0) is 23.6 Å². The maximum atomic E-state index is 12.2. The monoisotopic (exact) mass is 296 g/mol. The van der Waals surface area contributed by atoms with Crippen LogP contribution >= 0.6 is 0 Å². The Hall–Kier alpha value is -2.00. The molecular formula is C11H16N6O2S. The third kappa shape index (κ3) is 2.78. The van der Waals surface area contributed by atoms with Crippen molar-refractivity contribution in [3.05, 3.63) is 29.3 Å². The molecule has 2 aromatic rings. The Kier molecular flexibility index (Phi) is 3.73. The Morgan fingerprint density at radius 2 is 2.00 bits per heavy atom.